The molecule has 0 saturated carbocycles. The van der Waals surface area contributed by atoms with Gasteiger partial charge in [-0.25, -0.2) is 4.98 Å². The Morgan fingerprint density at radius 2 is 1.89 bits per heavy atom. The highest BCUT2D eigenvalue weighted by molar-refractivity contribution is 5.47. The first-order chi connectivity index (χ1) is 8.77. The molecule has 3 nitrogen and oxygen atoms in total. The number of hydrogen-bond acceptors (Lipinski definition) is 3. The Morgan fingerprint density at radius 1 is 1.22 bits per heavy atom. The first-order valence-corrected chi connectivity index (χ1v) is 7.22. The first kappa shape index (κ1) is 13.3. The maximum atomic E-state index is 5.93. The van der Waals surface area contributed by atoms with E-state index >= 15 is 0 Å². The van der Waals surface area contributed by atoms with E-state index in [0.29, 0.717) is 0 Å². The molecule has 1 aliphatic heterocycles. The summed E-state index contributed by atoms with van der Waals surface area (Å²) in [4.78, 5) is 7.05. The number of anilines is 1. The molecule has 0 radical (unpaired) electrons. The minimum absolute atomic E-state index is 0.197. The average molecular weight is 247 g/mol. The van der Waals surface area contributed by atoms with E-state index in [4.69, 9.17) is 5.73 Å². The van der Waals surface area contributed by atoms with Crippen LogP contribution in [0.3, 0.4) is 0 Å². The van der Waals surface area contributed by atoms with Gasteiger partial charge in [-0.1, -0.05) is 25.3 Å². The van der Waals surface area contributed by atoms with E-state index < -0.39 is 0 Å². The number of hydrogen-bond donors (Lipinski definition) is 1. The van der Waals surface area contributed by atoms with Crippen LogP contribution in [-0.2, 0) is 6.42 Å². The molecular formula is C15H25N3. The first-order valence-electron chi connectivity index (χ1n) is 7.22. The van der Waals surface area contributed by atoms with Crippen molar-refractivity contribution in [3.8, 4) is 0 Å². The van der Waals surface area contributed by atoms with E-state index in [1.807, 2.05) is 12.3 Å². The highest BCUT2D eigenvalue weighted by Gasteiger charge is 2.14. The molecule has 2 heterocycles. The van der Waals surface area contributed by atoms with E-state index in [-0.39, 0.29) is 6.04 Å². The van der Waals surface area contributed by atoms with Crippen LogP contribution in [0, 0.1) is 0 Å². The lowest BCUT2D eigenvalue weighted by Gasteiger charge is -2.28. The predicted octanol–water partition coefficient (Wildman–Crippen LogP) is 2.74. The van der Waals surface area contributed by atoms with Crippen LogP contribution >= 0.6 is 0 Å². The van der Waals surface area contributed by atoms with Gasteiger partial charge >= 0.3 is 0 Å². The van der Waals surface area contributed by atoms with Crippen molar-refractivity contribution in [2.75, 3.05) is 18.0 Å². The maximum Gasteiger partial charge on any atom is 0.131 e. The lowest BCUT2D eigenvalue weighted by Crippen LogP contribution is -2.30. The van der Waals surface area contributed by atoms with Crippen LogP contribution in [0.4, 0.5) is 5.82 Å². The molecular weight excluding hydrogens is 222 g/mol. The highest BCUT2D eigenvalue weighted by Crippen LogP contribution is 2.21. The summed E-state index contributed by atoms with van der Waals surface area (Å²) >= 11 is 0. The van der Waals surface area contributed by atoms with Gasteiger partial charge in [-0.3, -0.25) is 0 Å². The minimum Gasteiger partial charge on any atom is -0.356 e. The largest absolute Gasteiger partial charge is 0.356 e. The summed E-state index contributed by atoms with van der Waals surface area (Å²) in [6.45, 7) is 4.34. The second-order valence-corrected chi connectivity index (χ2v) is 5.42. The Kier molecular flexibility index (Phi) is 5.00. The van der Waals surface area contributed by atoms with Gasteiger partial charge in [0, 0.05) is 25.3 Å². The third-order valence-electron chi connectivity index (χ3n) is 3.56. The predicted molar refractivity (Wildman–Crippen MR) is 76.9 cm³/mol. The van der Waals surface area contributed by atoms with Crippen molar-refractivity contribution < 1.29 is 0 Å². The Hall–Kier alpha value is -1.09. The monoisotopic (exact) mass is 247 g/mol. The van der Waals surface area contributed by atoms with Crippen molar-refractivity contribution in [2.24, 2.45) is 5.73 Å². The summed E-state index contributed by atoms with van der Waals surface area (Å²) in [5.41, 5.74) is 7.23. The molecule has 1 aromatic heterocycles. The summed E-state index contributed by atoms with van der Waals surface area (Å²) < 4.78 is 0. The van der Waals surface area contributed by atoms with E-state index in [1.54, 1.807) is 0 Å². The highest BCUT2D eigenvalue weighted by atomic mass is 15.2. The van der Waals surface area contributed by atoms with E-state index in [1.165, 1.54) is 37.7 Å². The standard InChI is InChI=1S/C15H25N3/c1-13(16)12-14-8-7-9-17-15(14)18-10-5-3-2-4-6-11-18/h7-9,13H,2-6,10-12,16H2,1H3. The molecule has 0 bridgehead atoms. The zero-order valence-corrected chi connectivity index (χ0v) is 11.4. The summed E-state index contributed by atoms with van der Waals surface area (Å²) in [7, 11) is 0. The topological polar surface area (TPSA) is 42.1 Å². The van der Waals surface area contributed by atoms with Crippen molar-refractivity contribution >= 4 is 5.82 Å². The number of nitrogens with zero attached hydrogens (tertiary/aromatic N) is 2. The molecule has 1 fully saturated rings. The number of aromatic nitrogens is 1. The third-order valence-corrected chi connectivity index (χ3v) is 3.56. The molecule has 3 heteroatoms. The fourth-order valence-corrected chi connectivity index (χ4v) is 2.68. The lowest BCUT2D eigenvalue weighted by molar-refractivity contribution is 0.552. The van der Waals surface area contributed by atoms with Crippen molar-refractivity contribution in [3.63, 3.8) is 0 Å². The van der Waals surface area contributed by atoms with E-state index in [9.17, 15) is 0 Å². The zero-order valence-electron chi connectivity index (χ0n) is 11.4. The molecule has 1 aliphatic rings. The molecule has 1 atom stereocenters. The molecule has 1 saturated heterocycles. The van der Waals surface area contributed by atoms with Crippen LogP contribution in [0.2, 0.25) is 0 Å². The van der Waals surface area contributed by atoms with Crippen LogP contribution in [0.15, 0.2) is 18.3 Å². The van der Waals surface area contributed by atoms with Crippen LogP contribution in [0.25, 0.3) is 0 Å². The van der Waals surface area contributed by atoms with Gasteiger partial charge in [0.25, 0.3) is 0 Å². The molecule has 100 valence electrons. The Labute approximate surface area is 110 Å². The smallest absolute Gasteiger partial charge is 0.131 e. The molecule has 1 unspecified atom stereocenters. The van der Waals surface area contributed by atoms with Crippen molar-refractivity contribution in [2.45, 2.75) is 51.5 Å². The van der Waals surface area contributed by atoms with Gasteiger partial charge in [0.2, 0.25) is 0 Å². The van der Waals surface area contributed by atoms with Gasteiger partial charge in [0.15, 0.2) is 0 Å². The molecule has 18 heavy (non-hydrogen) atoms. The summed E-state index contributed by atoms with van der Waals surface area (Å²) in [6.07, 6.45) is 9.49. The summed E-state index contributed by atoms with van der Waals surface area (Å²) in [6, 6.07) is 4.39. The zero-order chi connectivity index (χ0) is 12.8. The van der Waals surface area contributed by atoms with Gasteiger partial charge in [0.05, 0.1) is 0 Å². The molecule has 2 N–H and O–H groups in total. The average Bonchev–Trinajstić information content (AvgIpc) is 2.29. The molecule has 2 rings (SSSR count). The van der Waals surface area contributed by atoms with Gasteiger partial charge in [-0.05, 0) is 37.8 Å². The Morgan fingerprint density at radius 3 is 2.56 bits per heavy atom. The fourth-order valence-electron chi connectivity index (χ4n) is 2.68. The molecule has 0 amide bonds. The summed E-state index contributed by atoms with van der Waals surface area (Å²) in [5, 5.41) is 0. The van der Waals surface area contributed by atoms with Crippen LogP contribution in [0.5, 0.6) is 0 Å². The normalized spacial score (nSPS) is 19.1. The lowest BCUT2D eigenvalue weighted by atomic mass is 10.1. The Balaban J connectivity index is 2.14. The second kappa shape index (κ2) is 6.74. The number of nitrogens with two attached hydrogens (primary N) is 1. The van der Waals surface area contributed by atoms with Gasteiger partial charge in [-0.15, -0.1) is 0 Å². The van der Waals surface area contributed by atoms with E-state index in [0.717, 1.165) is 25.3 Å². The maximum absolute atomic E-state index is 5.93. The van der Waals surface area contributed by atoms with Crippen LogP contribution in [-0.4, -0.2) is 24.1 Å². The molecule has 0 aromatic carbocycles. The SMILES string of the molecule is CC(N)Cc1cccnc1N1CCCCCCC1. The fraction of sp³-hybridized carbons (Fsp3) is 0.667. The van der Waals surface area contributed by atoms with Gasteiger partial charge in [-0.2, -0.15) is 0 Å². The van der Waals surface area contributed by atoms with Crippen LogP contribution < -0.4 is 10.6 Å². The second-order valence-electron chi connectivity index (χ2n) is 5.42. The van der Waals surface area contributed by atoms with Crippen molar-refractivity contribution in [1.82, 2.24) is 4.98 Å². The molecule has 0 aliphatic carbocycles. The number of rotatable bonds is 3. The van der Waals surface area contributed by atoms with Crippen LogP contribution in [0.1, 0.15) is 44.6 Å². The summed E-state index contributed by atoms with van der Waals surface area (Å²) in [5.74, 6) is 1.16. The molecule has 0 spiro atoms. The van der Waals surface area contributed by atoms with Crippen molar-refractivity contribution in [3.05, 3.63) is 23.9 Å². The van der Waals surface area contributed by atoms with Crippen molar-refractivity contribution in [1.29, 1.82) is 0 Å². The quantitative estimate of drug-likeness (QED) is 0.893. The van der Waals surface area contributed by atoms with Gasteiger partial charge in [0.1, 0.15) is 5.82 Å². The molecule has 1 aromatic rings. The minimum atomic E-state index is 0.197. The Bertz CT molecular complexity index is 355. The number of pyridine rings is 1. The van der Waals surface area contributed by atoms with E-state index in [2.05, 4.69) is 22.9 Å². The van der Waals surface area contributed by atoms with Gasteiger partial charge < -0.3 is 10.6 Å². The third kappa shape index (κ3) is 3.70.